The molecule has 0 spiro atoms. The van der Waals surface area contributed by atoms with Crippen LogP contribution in [0.3, 0.4) is 0 Å². The fourth-order valence-corrected chi connectivity index (χ4v) is 3.72. The summed E-state index contributed by atoms with van der Waals surface area (Å²) in [7, 11) is 0. The van der Waals surface area contributed by atoms with Crippen LogP contribution in [0.1, 0.15) is 17.8 Å². The van der Waals surface area contributed by atoms with E-state index in [9.17, 15) is 26.3 Å². The molecule has 1 aliphatic heterocycles. The summed E-state index contributed by atoms with van der Waals surface area (Å²) < 4.78 is 75.9. The molecule has 12 heteroatoms. The van der Waals surface area contributed by atoms with Gasteiger partial charge >= 0.3 is 12.4 Å². The minimum atomic E-state index is -4.54. The third-order valence-corrected chi connectivity index (χ3v) is 5.43. The summed E-state index contributed by atoms with van der Waals surface area (Å²) in [5.74, 6) is -0.533. The van der Waals surface area contributed by atoms with Crippen molar-refractivity contribution in [3.63, 3.8) is 0 Å². The number of halogens is 6. The number of anilines is 1. The molecule has 1 aromatic heterocycles. The number of H-pyrrole nitrogens is 1. The van der Waals surface area contributed by atoms with Crippen molar-refractivity contribution in [2.45, 2.75) is 23.9 Å². The van der Waals surface area contributed by atoms with Crippen molar-refractivity contribution >= 4 is 17.4 Å². The Morgan fingerprint density at radius 1 is 1.00 bits per heavy atom. The van der Waals surface area contributed by atoms with Gasteiger partial charge in [-0.2, -0.15) is 31.3 Å². The molecule has 0 bridgehead atoms. The summed E-state index contributed by atoms with van der Waals surface area (Å²) in [6.07, 6.45) is -8.16. The SMILES string of the molecule is FC(F)(F)c1cccc(N2CCN(CCCSc3n[nH]c(C(F)(F)F)n3)CC2)c1. The maximum atomic E-state index is 12.9. The Morgan fingerprint density at radius 3 is 2.34 bits per heavy atom. The molecule has 1 N–H and O–H groups in total. The van der Waals surface area contributed by atoms with Crippen LogP contribution in [0.4, 0.5) is 32.0 Å². The zero-order chi connectivity index (χ0) is 21.1. The molecular weight excluding hydrogens is 420 g/mol. The number of benzene rings is 1. The first-order valence-corrected chi connectivity index (χ1v) is 9.88. The van der Waals surface area contributed by atoms with E-state index in [0.29, 0.717) is 37.6 Å². The molecule has 0 atom stereocenters. The average Bonchev–Trinajstić information content (AvgIpc) is 3.15. The second-order valence-electron chi connectivity index (χ2n) is 6.54. The van der Waals surface area contributed by atoms with Gasteiger partial charge in [0.1, 0.15) is 0 Å². The van der Waals surface area contributed by atoms with Gasteiger partial charge in [0.05, 0.1) is 5.56 Å². The Morgan fingerprint density at radius 2 is 1.72 bits per heavy atom. The van der Waals surface area contributed by atoms with Crippen LogP contribution in [0.15, 0.2) is 29.4 Å². The molecule has 1 saturated heterocycles. The van der Waals surface area contributed by atoms with Crippen LogP contribution in [0.5, 0.6) is 0 Å². The quantitative estimate of drug-likeness (QED) is 0.416. The maximum absolute atomic E-state index is 12.9. The van der Waals surface area contributed by atoms with E-state index in [1.54, 1.807) is 6.07 Å². The number of nitrogens with one attached hydrogen (secondary N) is 1. The zero-order valence-corrected chi connectivity index (χ0v) is 16.0. The number of aromatic nitrogens is 3. The topological polar surface area (TPSA) is 48.0 Å². The van der Waals surface area contributed by atoms with E-state index in [1.807, 2.05) is 10.00 Å². The third-order valence-electron chi connectivity index (χ3n) is 4.49. The van der Waals surface area contributed by atoms with Crippen LogP contribution in [0, 0.1) is 0 Å². The molecular formula is C17H19F6N5S. The number of nitrogens with zero attached hydrogens (tertiary/aromatic N) is 4. The van der Waals surface area contributed by atoms with Gasteiger partial charge in [-0.15, -0.1) is 5.10 Å². The summed E-state index contributed by atoms with van der Waals surface area (Å²) in [6, 6.07) is 5.31. The number of alkyl halides is 6. The Kier molecular flexibility index (Phi) is 6.62. The van der Waals surface area contributed by atoms with Gasteiger partial charge in [-0.25, -0.2) is 0 Å². The molecule has 5 nitrogen and oxygen atoms in total. The van der Waals surface area contributed by atoms with Gasteiger partial charge in [-0.3, -0.25) is 10.00 Å². The molecule has 29 heavy (non-hydrogen) atoms. The number of thioether (sulfide) groups is 1. The van der Waals surface area contributed by atoms with Crippen molar-refractivity contribution in [3.8, 4) is 0 Å². The van der Waals surface area contributed by atoms with Crippen LogP contribution in [0.25, 0.3) is 0 Å². The van der Waals surface area contributed by atoms with E-state index in [-0.39, 0.29) is 5.16 Å². The van der Waals surface area contributed by atoms with E-state index in [1.165, 1.54) is 12.1 Å². The Bertz CT molecular complexity index is 798. The van der Waals surface area contributed by atoms with Crippen molar-refractivity contribution in [3.05, 3.63) is 35.7 Å². The predicted molar refractivity (Wildman–Crippen MR) is 96.8 cm³/mol. The lowest BCUT2D eigenvalue weighted by Crippen LogP contribution is -2.46. The molecule has 0 unspecified atom stereocenters. The van der Waals surface area contributed by atoms with Crippen molar-refractivity contribution in [2.24, 2.45) is 0 Å². The number of rotatable bonds is 6. The lowest BCUT2D eigenvalue weighted by molar-refractivity contribution is -0.144. The number of hydrogen-bond acceptors (Lipinski definition) is 5. The standard InChI is InChI=1S/C17H19F6N5S/c18-16(19,20)12-3-1-4-13(11-12)28-8-6-27(7-9-28)5-2-10-29-15-24-14(25-26-15)17(21,22)23/h1,3-4,11H,2,5-10H2,(H,24,25,26). The van der Waals surface area contributed by atoms with Crippen molar-refractivity contribution in [2.75, 3.05) is 43.4 Å². The number of hydrogen-bond donors (Lipinski definition) is 1. The van der Waals surface area contributed by atoms with E-state index >= 15 is 0 Å². The lowest BCUT2D eigenvalue weighted by atomic mass is 10.1. The molecule has 2 aromatic rings. The van der Waals surface area contributed by atoms with Crippen LogP contribution < -0.4 is 4.90 Å². The van der Waals surface area contributed by atoms with Crippen LogP contribution >= 0.6 is 11.8 Å². The van der Waals surface area contributed by atoms with E-state index < -0.39 is 23.7 Å². The van der Waals surface area contributed by atoms with Crippen molar-refractivity contribution in [1.29, 1.82) is 0 Å². The highest BCUT2D eigenvalue weighted by Crippen LogP contribution is 2.32. The molecule has 160 valence electrons. The van der Waals surface area contributed by atoms with E-state index in [4.69, 9.17) is 0 Å². The normalized spacial score (nSPS) is 16.4. The van der Waals surface area contributed by atoms with Gasteiger partial charge < -0.3 is 4.90 Å². The first-order chi connectivity index (χ1) is 13.6. The smallest absolute Gasteiger partial charge is 0.369 e. The van der Waals surface area contributed by atoms with Gasteiger partial charge in [0, 0.05) is 37.6 Å². The summed E-state index contributed by atoms with van der Waals surface area (Å²) >= 11 is 1.15. The number of aromatic amines is 1. The molecule has 1 aliphatic rings. The molecule has 0 amide bonds. The molecule has 0 aliphatic carbocycles. The Balaban J connectivity index is 1.40. The fourth-order valence-electron chi connectivity index (χ4n) is 3.00. The van der Waals surface area contributed by atoms with E-state index in [2.05, 4.69) is 15.0 Å². The summed E-state index contributed by atoms with van der Waals surface area (Å²) in [6.45, 7) is 3.40. The fraction of sp³-hybridized carbons (Fsp3) is 0.529. The highest BCUT2D eigenvalue weighted by Gasteiger charge is 2.35. The maximum Gasteiger partial charge on any atom is 0.451 e. The first-order valence-electron chi connectivity index (χ1n) is 8.90. The van der Waals surface area contributed by atoms with Crippen molar-refractivity contribution < 1.29 is 26.3 Å². The molecule has 1 aromatic carbocycles. The van der Waals surface area contributed by atoms with Gasteiger partial charge in [-0.1, -0.05) is 17.8 Å². The van der Waals surface area contributed by atoms with Gasteiger partial charge in [0.15, 0.2) is 0 Å². The largest absolute Gasteiger partial charge is 0.451 e. The summed E-state index contributed by atoms with van der Waals surface area (Å²) in [5, 5.41) is 5.48. The van der Waals surface area contributed by atoms with Gasteiger partial charge in [-0.05, 0) is 31.2 Å². The molecule has 1 fully saturated rings. The Labute approximate surface area is 167 Å². The van der Waals surface area contributed by atoms with E-state index in [0.717, 1.165) is 30.8 Å². The van der Waals surface area contributed by atoms with Gasteiger partial charge in [0.25, 0.3) is 0 Å². The van der Waals surface area contributed by atoms with Crippen LogP contribution in [0.2, 0.25) is 0 Å². The highest BCUT2D eigenvalue weighted by molar-refractivity contribution is 7.99. The van der Waals surface area contributed by atoms with Crippen LogP contribution in [-0.4, -0.2) is 58.6 Å². The third kappa shape index (κ3) is 6.01. The van der Waals surface area contributed by atoms with Gasteiger partial charge in [0.2, 0.25) is 11.0 Å². The average molecular weight is 439 g/mol. The van der Waals surface area contributed by atoms with Crippen molar-refractivity contribution in [1.82, 2.24) is 20.1 Å². The minimum Gasteiger partial charge on any atom is -0.369 e. The highest BCUT2D eigenvalue weighted by atomic mass is 32.2. The monoisotopic (exact) mass is 439 g/mol. The molecule has 0 saturated carbocycles. The minimum absolute atomic E-state index is 0.0618. The second kappa shape index (κ2) is 8.82. The second-order valence-corrected chi connectivity index (χ2v) is 7.61. The first kappa shape index (κ1) is 21.8. The molecule has 2 heterocycles. The Hall–Kier alpha value is -1.95. The summed E-state index contributed by atoms with van der Waals surface area (Å²) in [5.41, 5.74) is -0.102. The number of piperazine rings is 1. The predicted octanol–water partition coefficient (Wildman–Crippen LogP) is 4.15. The van der Waals surface area contributed by atoms with Crippen LogP contribution in [-0.2, 0) is 12.4 Å². The zero-order valence-electron chi connectivity index (χ0n) is 15.2. The molecule has 3 rings (SSSR count). The lowest BCUT2D eigenvalue weighted by Gasteiger charge is -2.36. The summed E-state index contributed by atoms with van der Waals surface area (Å²) in [4.78, 5) is 7.51. The molecule has 0 radical (unpaired) electrons.